The number of hydrogen-bond acceptors (Lipinski definition) is 7. The molecule has 162 valence electrons. The smallest absolute Gasteiger partial charge is 0.242 e. The summed E-state index contributed by atoms with van der Waals surface area (Å²) < 4.78 is 6.03. The average molecular weight is 413 g/mol. The van der Waals surface area contributed by atoms with Crippen LogP contribution < -0.4 is 10.6 Å². The maximum absolute atomic E-state index is 12.4. The number of rotatable bonds is 8. The van der Waals surface area contributed by atoms with E-state index in [9.17, 15) is 4.79 Å². The maximum atomic E-state index is 12.4. The van der Waals surface area contributed by atoms with Crippen molar-refractivity contribution in [2.75, 3.05) is 31.1 Å². The number of carbonyl (C=O) groups excluding carboxylic acids is 1. The quantitative estimate of drug-likeness (QED) is 0.385. The van der Waals surface area contributed by atoms with Crippen LogP contribution >= 0.6 is 0 Å². The third-order valence-corrected chi connectivity index (χ3v) is 5.57. The molecule has 0 spiro atoms. The number of nitrogens with one attached hydrogen (secondary N) is 1. The van der Waals surface area contributed by atoms with Crippen molar-refractivity contribution in [2.45, 2.75) is 52.2 Å². The molecule has 0 aromatic carbocycles. The van der Waals surface area contributed by atoms with Crippen molar-refractivity contribution >= 4 is 17.4 Å². The molecule has 2 fully saturated rings. The molecule has 0 radical (unpaired) electrons. The highest BCUT2D eigenvalue weighted by molar-refractivity contribution is 6.10. The summed E-state index contributed by atoms with van der Waals surface area (Å²) >= 11 is 0. The second kappa shape index (κ2) is 8.95. The monoisotopic (exact) mass is 412 g/mol. The van der Waals surface area contributed by atoms with E-state index in [1.54, 1.807) is 6.07 Å². The summed E-state index contributed by atoms with van der Waals surface area (Å²) in [5, 5.41) is 8.63. The summed E-state index contributed by atoms with van der Waals surface area (Å²) in [6.45, 7) is 9.85. The molecule has 1 saturated carbocycles. The molecule has 8 heteroatoms. The number of allylic oxidation sites excluding steroid dienone is 2. The fraction of sp³-hybridized carbons (Fsp3) is 0.545. The molecule has 0 atom stereocenters. The number of ether oxygens (including phenoxy) is 1. The molecule has 8 nitrogen and oxygen atoms in total. The molecule has 1 amide bonds. The fourth-order valence-corrected chi connectivity index (χ4v) is 3.39. The van der Waals surface area contributed by atoms with Crippen LogP contribution in [0, 0.1) is 5.41 Å². The highest BCUT2D eigenvalue weighted by Crippen LogP contribution is 2.40. The molecule has 1 aliphatic heterocycles. The largest absolute Gasteiger partial charge is 0.488 e. The van der Waals surface area contributed by atoms with E-state index in [4.69, 9.17) is 15.9 Å². The van der Waals surface area contributed by atoms with Crippen molar-refractivity contribution in [3.8, 4) is 0 Å². The lowest BCUT2D eigenvalue weighted by Gasteiger charge is -2.37. The first-order valence-corrected chi connectivity index (χ1v) is 10.5. The van der Waals surface area contributed by atoms with Crippen molar-refractivity contribution in [3.63, 3.8) is 0 Å². The van der Waals surface area contributed by atoms with Gasteiger partial charge in [0.25, 0.3) is 0 Å². The van der Waals surface area contributed by atoms with E-state index in [2.05, 4.69) is 16.9 Å². The normalized spacial score (nSPS) is 19.3. The fourth-order valence-electron chi connectivity index (χ4n) is 3.39. The minimum absolute atomic E-state index is 0.0810. The Labute approximate surface area is 178 Å². The van der Waals surface area contributed by atoms with E-state index in [-0.39, 0.29) is 36.4 Å². The maximum Gasteiger partial charge on any atom is 0.242 e. The van der Waals surface area contributed by atoms with Gasteiger partial charge in [0, 0.05) is 31.7 Å². The van der Waals surface area contributed by atoms with Gasteiger partial charge in [-0.3, -0.25) is 10.2 Å². The van der Waals surface area contributed by atoms with Crippen LogP contribution in [0.5, 0.6) is 0 Å². The van der Waals surface area contributed by atoms with Gasteiger partial charge in [-0.25, -0.2) is 9.97 Å². The van der Waals surface area contributed by atoms with Gasteiger partial charge in [0.15, 0.2) is 0 Å². The average Bonchev–Trinajstić information content (AvgIpc) is 3.47. The van der Waals surface area contributed by atoms with Crippen molar-refractivity contribution in [3.05, 3.63) is 41.6 Å². The Hall–Kier alpha value is -2.74. The van der Waals surface area contributed by atoms with Crippen LogP contribution in [0.4, 0.5) is 5.82 Å². The predicted molar refractivity (Wildman–Crippen MR) is 118 cm³/mol. The van der Waals surface area contributed by atoms with Gasteiger partial charge >= 0.3 is 0 Å². The van der Waals surface area contributed by atoms with Crippen molar-refractivity contribution < 1.29 is 9.53 Å². The molecule has 1 saturated heterocycles. The SMILES string of the molecule is C/C=C(\C=C(/CN)C(=N)c1cc(N2CCN(C(C)C)C(=O)C2)ncn1)OC1(C)CC1. The number of nitrogens with zero attached hydrogens (tertiary/aromatic N) is 4. The Morgan fingerprint density at radius 3 is 2.67 bits per heavy atom. The second-order valence-electron chi connectivity index (χ2n) is 8.36. The Morgan fingerprint density at radius 1 is 1.37 bits per heavy atom. The molecule has 1 aliphatic carbocycles. The zero-order chi connectivity index (χ0) is 21.9. The Balaban J connectivity index is 1.76. The molecule has 0 unspecified atom stereocenters. The standard InChI is InChI=1S/C22H32N6O2/c1-5-17(30-22(4)6-7-22)10-16(12-23)21(24)18-11-19(26-14-25-18)27-8-9-28(15(2)3)20(29)13-27/h5,10-11,14-15,24H,6-9,12-13,23H2,1-4H3/b16-10+,17-5+,24-21?. The third-order valence-electron chi connectivity index (χ3n) is 5.57. The van der Waals surface area contributed by atoms with Gasteiger partial charge in [0.05, 0.1) is 18.0 Å². The highest BCUT2D eigenvalue weighted by atomic mass is 16.5. The van der Waals surface area contributed by atoms with E-state index >= 15 is 0 Å². The van der Waals surface area contributed by atoms with Crippen LogP contribution in [0.15, 0.2) is 35.9 Å². The number of amides is 1. The van der Waals surface area contributed by atoms with Gasteiger partial charge in [-0.15, -0.1) is 0 Å². The number of piperazine rings is 1. The Morgan fingerprint density at radius 2 is 2.10 bits per heavy atom. The third kappa shape index (κ3) is 5.05. The minimum atomic E-state index is -0.104. The highest BCUT2D eigenvalue weighted by Gasteiger charge is 2.40. The van der Waals surface area contributed by atoms with Crippen molar-refractivity contribution in [1.29, 1.82) is 5.41 Å². The molecule has 2 aliphatic rings. The summed E-state index contributed by atoms with van der Waals surface area (Å²) in [4.78, 5) is 24.8. The molecule has 0 bridgehead atoms. The molecular formula is C22H32N6O2. The Bertz CT molecular complexity index is 872. The van der Waals surface area contributed by atoms with E-state index in [0.717, 1.165) is 12.8 Å². The molecule has 30 heavy (non-hydrogen) atoms. The lowest BCUT2D eigenvalue weighted by atomic mass is 10.1. The van der Waals surface area contributed by atoms with Crippen LogP contribution in [-0.2, 0) is 9.53 Å². The summed E-state index contributed by atoms with van der Waals surface area (Å²) in [5.74, 6) is 1.44. The summed E-state index contributed by atoms with van der Waals surface area (Å²) in [6, 6.07) is 1.94. The van der Waals surface area contributed by atoms with Crippen LogP contribution in [0.25, 0.3) is 0 Å². The number of aromatic nitrogens is 2. The van der Waals surface area contributed by atoms with Gasteiger partial charge in [0.2, 0.25) is 5.91 Å². The van der Waals surface area contributed by atoms with E-state index < -0.39 is 0 Å². The molecular weight excluding hydrogens is 380 g/mol. The molecule has 2 heterocycles. The van der Waals surface area contributed by atoms with Crippen LogP contribution in [-0.4, -0.2) is 64.3 Å². The molecule has 3 rings (SSSR count). The number of carbonyl (C=O) groups is 1. The van der Waals surface area contributed by atoms with Crippen LogP contribution in [0.1, 0.15) is 46.2 Å². The summed E-state index contributed by atoms with van der Waals surface area (Å²) in [5.41, 5.74) is 7.18. The molecule has 3 N–H and O–H groups in total. The molecule has 1 aromatic heterocycles. The lowest BCUT2D eigenvalue weighted by molar-refractivity contribution is -0.132. The summed E-state index contributed by atoms with van der Waals surface area (Å²) in [6.07, 6.45) is 7.21. The van der Waals surface area contributed by atoms with E-state index in [0.29, 0.717) is 35.9 Å². The Kier molecular flexibility index (Phi) is 6.55. The van der Waals surface area contributed by atoms with Gasteiger partial charge in [-0.05, 0) is 58.3 Å². The first-order valence-electron chi connectivity index (χ1n) is 10.5. The number of nitrogens with two attached hydrogens (primary N) is 1. The van der Waals surface area contributed by atoms with Gasteiger partial charge in [0.1, 0.15) is 23.5 Å². The van der Waals surface area contributed by atoms with Crippen LogP contribution in [0.3, 0.4) is 0 Å². The van der Waals surface area contributed by atoms with Crippen molar-refractivity contribution in [2.24, 2.45) is 5.73 Å². The van der Waals surface area contributed by atoms with Crippen molar-refractivity contribution in [1.82, 2.24) is 14.9 Å². The topological polar surface area (TPSA) is 108 Å². The number of anilines is 1. The first kappa shape index (κ1) is 22.0. The van der Waals surface area contributed by atoms with E-state index in [1.165, 1.54) is 6.33 Å². The lowest BCUT2D eigenvalue weighted by Crippen LogP contribution is -2.53. The summed E-state index contributed by atoms with van der Waals surface area (Å²) in [7, 11) is 0. The number of hydrogen-bond donors (Lipinski definition) is 2. The zero-order valence-corrected chi connectivity index (χ0v) is 18.3. The molecule has 1 aromatic rings. The van der Waals surface area contributed by atoms with Gasteiger partial charge in [-0.2, -0.15) is 0 Å². The van der Waals surface area contributed by atoms with Crippen LogP contribution in [0.2, 0.25) is 0 Å². The predicted octanol–water partition coefficient (Wildman–Crippen LogP) is 2.26. The van der Waals surface area contributed by atoms with E-state index in [1.807, 2.05) is 42.7 Å². The minimum Gasteiger partial charge on any atom is -0.488 e. The van der Waals surface area contributed by atoms with Gasteiger partial charge in [-0.1, -0.05) is 0 Å². The zero-order valence-electron chi connectivity index (χ0n) is 18.3. The first-order chi connectivity index (χ1) is 14.3. The van der Waals surface area contributed by atoms with Gasteiger partial charge < -0.3 is 20.3 Å². The second-order valence-corrected chi connectivity index (χ2v) is 8.36.